The van der Waals surface area contributed by atoms with E-state index in [-0.39, 0.29) is 23.8 Å². The molecule has 0 spiro atoms. The van der Waals surface area contributed by atoms with Crippen molar-refractivity contribution in [3.63, 3.8) is 0 Å². The van der Waals surface area contributed by atoms with Crippen molar-refractivity contribution in [2.24, 2.45) is 11.7 Å². The second kappa shape index (κ2) is 12.9. The third-order valence-electron chi connectivity index (χ3n) is 4.59. The van der Waals surface area contributed by atoms with E-state index in [1.54, 1.807) is 26.0 Å². The number of aliphatic hydroxyl groups excluding tert-OH is 1. The summed E-state index contributed by atoms with van der Waals surface area (Å²) in [5, 5.41) is 34.8. The van der Waals surface area contributed by atoms with E-state index in [0.717, 1.165) is 0 Å². The molecular weight excluding hydrogens is 440 g/mol. The first-order valence-electron chi connectivity index (χ1n) is 9.89. The number of carboxylic acid groups (broad SMARTS) is 1. The first-order valence-corrected chi connectivity index (χ1v) is 10.5. The van der Waals surface area contributed by atoms with Crippen molar-refractivity contribution in [2.75, 3.05) is 12.4 Å². The molecule has 0 fully saturated rings. The molecule has 0 aliphatic rings. The lowest BCUT2D eigenvalue weighted by Crippen LogP contribution is -2.59. The molecule has 0 bridgehead atoms. The molecule has 11 nitrogen and oxygen atoms in total. The second-order valence-corrected chi connectivity index (χ2v) is 7.90. The summed E-state index contributed by atoms with van der Waals surface area (Å²) in [6.45, 7) is 2.56. The van der Waals surface area contributed by atoms with Crippen molar-refractivity contribution >= 4 is 36.3 Å². The molecule has 4 unspecified atom stereocenters. The first-order chi connectivity index (χ1) is 15.0. The summed E-state index contributed by atoms with van der Waals surface area (Å²) >= 11 is 3.84. The third kappa shape index (κ3) is 8.36. The normalized spacial score (nSPS) is 14.7. The molecule has 12 heteroatoms. The number of carbonyl (C=O) groups excluding carboxylic acids is 3. The lowest BCUT2D eigenvalue weighted by molar-refractivity contribution is -0.142. The Labute approximate surface area is 191 Å². The van der Waals surface area contributed by atoms with Crippen LogP contribution in [0.25, 0.3) is 0 Å². The van der Waals surface area contributed by atoms with Crippen molar-refractivity contribution in [3.05, 3.63) is 29.8 Å². The van der Waals surface area contributed by atoms with Crippen LogP contribution < -0.4 is 21.7 Å². The van der Waals surface area contributed by atoms with Crippen molar-refractivity contribution in [1.82, 2.24) is 16.0 Å². The molecule has 0 aliphatic heterocycles. The minimum atomic E-state index is -1.42. The maximum absolute atomic E-state index is 12.7. The van der Waals surface area contributed by atoms with Gasteiger partial charge in [-0.1, -0.05) is 26.0 Å². The fourth-order valence-electron chi connectivity index (χ4n) is 2.69. The van der Waals surface area contributed by atoms with Crippen LogP contribution in [0.4, 0.5) is 0 Å². The maximum Gasteiger partial charge on any atom is 0.327 e. The van der Waals surface area contributed by atoms with Crippen LogP contribution in [0.2, 0.25) is 0 Å². The Balaban J connectivity index is 2.78. The standard InChI is InChI=1S/C20H30N4O7S/c1-10(2)16(24-17(27)13(21)7-11-3-5-12(26)6-4-11)19(29)22-14(8-25)18(28)23-15(9-32)20(30)31/h3-6,10,13-16,25-26,32H,7-9,21H2,1-2H3,(H,22,29)(H,23,28)(H,24,27)(H,30,31). The number of aliphatic carboxylic acids is 1. The van der Waals surface area contributed by atoms with Gasteiger partial charge in [0, 0.05) is 5.75 Å². The highest BCUT2D eigenvalue weighted by Gasteiger charge is 2.31. The summed E-state index contributed by atoms with van der Waals surface area (Å²) in [6, 6.07) is 1.42. The number of carboxylic acids is 1. The highest BCUT2D eigenvalue weighted by Crippen LogP contribution is 2.11. The van der Waals surface area contributed by atoms with Gasteiger partial charge in [0.2, 0.25) is 17.7 Å². The van der Waals surface area contributed by atoms with Gasteiger partial charge in [0.15, 0.2) is 0 Å². The number of aliphatic hydroxyl groups is 1. The average Bonchev–Trinajstić information content (AvgIpc) is 2.74. The van der Waals surface area contributed by atoms with E-state index < -0.39 is 54.5 Å². The Kier molecular flexibility index (Phi) is 11.0. The Morgan fingerprint density at radius 2 is 1.53 bits per heavy atom. The summed E-state index contributed by atoms with van der Waals surface area (Å²) in [5.74, 6) is -4.04. The molecule has 0 aromatic heterocycles. The number of amides is 3. The smallest absolute Gasteiger partial charge is 0.327 e. The minimum Gasteiger partial charge on any atom is -0.508 e. The van der Waals surface area contributed by atoms with Gasteiger partial charge in [-0.15, -0.1) is 0 Å². The van der Waals surface area contributed by atoms with E-state index in [0.29, 0.717) is 5.56 Å². The third-order valence-corrected chi connectivity index (χ3v) is 4.95. The highest BCUT2D eigenvalue weighted by atomic mass is 32.1. The van der Waals surface area contributed by atoms with Crippen molar-refractivity contribution in [1.29, 1.82) is 0 Å². The largest absolute Gasteiger partial charge is 0.508 e. The molecule has 32 heavy (non-hydrogen) atoms. The number of hydrogen-bond acceptors (Lipinski definition) is 8. The summed E-state index contributed by atoms with van der Waals surface area (Å²) in [5.41, 5.74) is 6.65. The van der Waals surface area contributed by atoms with E-state index in [1.165, 1.54) is 12.1 Å². The molecule has 178 valence electrons. The van der Waals surface area contributed by atoms with Crippen LogP contribution in [0.1, 0.15) is 19.4 Å². The summed E-state index contributed by atoms with van der Waals surface area (Å²) in [6.07, 6.45) is 0.167. The highest BCUT2D eigenvalue weighted by molar-refractivity contribution is 7.80. The number of rotatable bonds is 12. The zero-order chi connectivity index (χ0) is 24.4. The number of phenolic OH excluding ortho intramolecular Hbond substituents is 1. The molecule has 3 amide bonds. The number of nitrogens with two attached hydrogens (primary N) is 1. The number of thiol groups is 1. The van der Waals surface area contributed by atoms with Crippen LogP contribution in [0.5, 0.6) is 5.75 Å². The number of phenols is 1. The zero-order valence-electron chi connectivity index (χ0n) is 17.8. The number of nitrogens with one attached hydrogen (secondary N) is 3. The van der Waals surface area contributed by atoms with Crippen LogP contribution in [0.15, 0.2) is 24.3 Å². The fraction of sp³-hybridized carbons (Fsp3) is 0.500. The van der Waals surface area contributed by atoms with Gasteiger partial charge in [0.25, 0.3) is 0 Å². The number of carbonyl (C=O) groups is 4. The Morgan fingerprint density at radius 3 is 2.00 bits per heavy atom. The predicted octanol–water partition coefficient (Wildman–Crippen LogP) is -1.62. The topological polar surface area (TPSA) is 191 Å². The molecule has 1 rings (SSSR count). The Hall–Kier alpha value is -2.83. The van der Waals surface area contributed by atoms with Crippen LogP contribution in [0.3, 0.4) is 0 Å². The van der Waals surface area contributed by atoms with Crippen molar-refractivity contribution in [2.45, 2.75) is 44.4 Å². The molecule has 1 aromatic carbocycles. The monoisotopic (exact) mass is 470 g/mol. The van der Waals surface area contributed by atoms with Crippen molar-refractivity contribution < 1.29 is 34.5 Å². The van der Waals surface area contributed by atoms with Gasteiger partial charge in [-0.25, -0.2) is 4.79 Å². The van der Waals surface area contributed by atoms with Gasteiger partial charge in [0.05, 0.1) is 12.6 Å². The first kappa shape index (κ1) is 27.2. The van der Waals surface area contributed by atoms with Crippen LogP contribution in [-0.2, 0) is 25.6 Å². The van der Waals surface area contributed by atoms with E-state index in [9.17, 15) is 29.4 Å². The SMILES string of the molecule is CC(C)C(NC(=O)C(N)Cc1ccc(O)cc1)C(=O)NC(CO)C(=O)NC(CS)C(=O)O. The molecule has 0 heterocycles. The number of benzene rings is 1. The van der Waals surface area contributed by atoms with Crippen molar-refractivity contribution in [3.8, 4) is 5.75 Å². The number of aromatic hydroxyl groups is 1. The molecule has 0 saturated carbocycles. The van der Waals surface area contributed by atoms with Gasteiger partial charge in [0.1, 0.15) is 23.9 Å². The van der Waals surface area contributed by atoms with Gasteiger partial charge >= 0.3 is 5.97 Å². The Morgan fingerprint density at radius 1 is 0.969 bits per heavy atom. The summed E-state index contributed by atoms with van der Waals surface area (Å²) < 4.78 is 0. The van der Waals surface area contributed by atoms with Gasteiger partial charge in [-0.3, -0.25) is 14.4 Å². The lowest BCUT2D eigenvalue weighted by Gasteiger charge is -2.26. The van der Waals surface area contributed by atoms with E-state index in [4.69, 9.17) is 10.8 Å². The molecule has 0 radical (unpaired) electrons. The Bertz CT molecular complexity index is 804. The van der Waals surface area contributed by atoms with Crippen LogP contribution in [0, 0.1) is 5.92 Å². The molecular formula is C20H30N4O7S. The van der Waals surface area contributed by atoms with E-state index in [1.807, 2.05) is 0 Å². The average molecular weight is 471 g/mol. The molecule has 4 atom stereocenters. The molecule has 0 saturated heterocycles. The second-order valence-electron chi connectivity index (χ2n) is 7.53. The summed E-state index contributed by atoms with van der Waals surface area (Å²) in [4.78, 5) is 48.5. The molecule has 1 aromatic rings. The molecule has 0 aliphatic carbocycles. The van der Waals surface area contributed by atoms with E-state index >= 15 is 0 Å². The van der Waals surface area contributed by atoms with Gasteiger partial charge in [-0.2, -0.15) is 12.6 Å². The fourth-order valence-corrected chi connectivity index (χ4v) is 2.93. The van der Waals surface area contributed by atoms with Crippen LogP contribution >= 0.6 is 12.6 Å². The maximum atomic E-state index is 12.7. The summed E-state index contributed by atoms with van der Waals surface area (Å²) in [7, 11) is 0. The lowest BCUT2D eigenvalue weighted by atomic mass is 10.0. The van der Waals surface area contributed by atoms with E-state index in [2.05, 4.69) is 28.6 Å². The van der Waals surface area contributed by atoms with Gasteiger partial charge < -0.3 is 37.0 Å². The van der Waals surface area contributed by atoms with Crippen LogP contribution in [-0.4, -0.2) is 75.5 Å². The predicted molar refractivity (Wildman–Crippen MR) is 119 cm³/mol. The number of hydrogen-bond donors (Lipinski definition) is 8. The minimum absolute atomic E-state index is 0.0786. The quantitative estimate of drug-likeness (QED) is 0.167. The molecule has 8 N–H and O–H groups in total. The zero-order valence-corrected chi connectivity index (χ0v) is 18.7. The van der Waals surface area contributed by atoms with Gasteiger partial charge in [-0.05, 0) is 30.0 Å².